The van der Waals surface area contributed by atoms with E-state index in [0.717, 1.165) is 10.5 Å². The topological polar surface area (TPSA) is 129 Å². The monoisotopic (exact) mass is 553 g/mol. The van der Waals surface area contributed by atoms with E-state index in [0.29, 0.717) is 33.2 Å². The minimum absolute atomic E-state index is 0.0299. The number of allylic oxidation sites excluding steroid dienone is 6. The molecule has 0 spiro atoms. The highest BCUT2D eigenvalue weighted by Gasteiger charge is 2.56. The van der Waals surface area contributed by atoms with Gasteiger partial charge in [0, 0.05) is 45.6 Å². The molecular formula is C27H24BrNO7. The summed E-state index contributed by atoms with van der Waals surface area (Å²) in [4.78, 5) is 65.2. The van der Waals surface area contributed by atoms with Crippen molar-refractivity contribution >= 4 is 45.3 Å². The van der Waals surface area contributed by atoms with Crippen LogP contribution < -0.4 is 0 Å². The first-order valence-corrected chi connectivity index (χ1v) is 12.6. The summed E-state index contributed by atoms with van der Waals surface area (Å²) in [7, 11) is 0. The Morgan fingerprint density at radius 1 is 1.14 bits per heavy atom. The normalized spacial score (nSPS) is 27.4. The molecule has 1 fully saturated rings. The number of carboxylic acid groups (broad SMARTS) is 1. The van der Waals surface area contributed by atoms with Crippen molar-refractivity contribution in [2.24, 2.45) is 17.8 Å². The number of hydrogen-bond donors (Lipinski definition) is 2. The van der Waals surface area contributed by atoms with Crippen LogP contribution in [0.1, 0.15) is 44.1 Å². The van der Waals surface area contributed by atoms with Gasteiger partial charge < -0.3 is 10.2 Å². The van der Waals surface area contributed by atoms with Crippen molar-refractivity contribution in [2.75, 3.05) is 6.54 Å². The molecule has 0 bridgehead atoms. The molecule has 1 aliphatic heterocycles. The number of hydrogen-bond acceptors (Lipinski definition) is 6. The largest absolute Gasteiger partial charge is 0.508 e. The number of carboxylic acids is 1. The Hall–Kier alpha value is -3.33. The molecule has 0 radical (unpaired) electrons. The van der Waals surface area contributed by atoms with Crippen molar-refractivity contribution in [3.8, 4) is 5.75 Å². The molecule has 1 aromatic carbocycles. The molecule has 186 valence electrons. The number of nitrogens with zero attached hydrogens (tertiary/aromatic N) is 1. The number of phenols is 1. The highest BCUT2D eigenvalue weighted by Crippen LogP contribution is 2.56. The van der Waals surface area contributed by atoms with E-state index in [9.17, 15) is 29.1 Å². The van der Waals surface area contributed by atoms with Crippen LogP contribution in [0.2, 0.25) is 0 Å². The van der Waals surface area contributed by atoms with E-state index in [1.54, 1.807) is 19.1 Å². The van der Waals surface area contributed by atoms with Crippen molar-refractivity contribution in [1.82, 2.24) is 4.90 Å². The fourth-order valence-electron chi connectivity index (χ4n) is 6.15. The van der Waals surface area contributed by atoms with E-state index in [1.807, 2.05) is 6.08 Å². The molecule has 1 aromatic rings. The zero-order valence-electron chi connectivity index (χ0n) is 19.5. The molecule has 1 saturated heterocycles. The van der Waals surface area contributed by atoms with Crippen molar-refractivity contribution < 1.29 is 34.2 Å². The maximum Gasteiger partial charge on any atom is 0.303 e. The number of likely N-dealkylation sites (tertiary alicyclic amines) is 1. The summed E-state index contributed by atoms with van der Waals surface area (Å²) in [5, 5.41) is 19.7. The Morgan fingerprint density at radius 3 is 2.61 bits per heavy atom. The minimum Gasteiger partial charge on any atom is -0.508 e. The highest BCUT2D eigenvalue weighted by molar-refractivity contribution is 9.10. The zero-order valence-corrected chi connectivity index (χ0v) is 21.1. The van der Waals surface area contributed by atoms with Crippen LogP contribution in [0.4, 0.5) is 0 Å². The number of phenolic OH excluding ortho intramolecular Hbond substituents is 1. The van der Waals surface area contributed by atoms with Crippen LogP contribution in [0.15, 0.2) is 57.1 Å². The van der Waals surface area contributed by atoms with Crippen molar-refractivity contribution in [3.63, 3.8) is 0 Å². The molecule has 2 amide bonds. The second-order valence-corrected chi connectivity index (χ2v) is 10.7. The number of rotatable bonds is 5. The standard InChI is InChI=1S/C27H24BrNO7/c1-12-9-20(31)18-11-16-14(22(24(18)25(12)34)17-10-13(28)4-7-19(17)30)5-6-15-23(16)27(36)29(26(15)35)8-2-3-21(32)33/h4-5,7,9-10,15-16,22-23,30H,2-3,6,8,11H2,1H3,(H,32,33). The van der Waals surface area contributed by atoms with Crippen LogP contribution >= 0.6 is 15.9 Å². The smallest absolute Gasteiger partial charge is 0.303 e. The SMILES string of the molecule is CC1=CC(=O)C2=C(C1=O)C(c1cc(Br)ccc1O)C1=CCC3C(=O)N(CCCC(=O)O)C(=O)C3C1C2. The summed E-state index contributed by atoms with van der Waals surface area (Å²) in [5.41, 5.74) is 2.18. The fourth-order valence-corrected chi connectivity index (χ4v) is 6.53. The molecule has 4 aliphatic rings. The average Bonchev–Trinajstić information content (AvgIpc) is 3.07. The van der Waals surface area contributed by atoms with Crippen LogP contribution in [0.3, 0.4) is 0 Å². The van der Waals surface area contributed by atoms with Crippen LogP contribution in [-0.2, 0) is 24.0 Å². The van der Waals surface area contributed by atoms with E-state index in [2.05, 4.69) is 15.9 Å². The lowest BCUT2D eigenvalue weighted by atomic mass is 9.59. The number of imide groups is 1. The third-order valence-corrected chi connectivity index (χ3v) is 8.22. The Kier molecular flexibility index (Phi) is 6.06. The molecule has 8 nitrogen and oxygen atoms in total. The Bertz CT molecular complexity index is 1340. The molecular weight excluding hydrogens is 530 g/mol. The average molecular weight is 554 g/mol. The maximum absolute atomic E-state index is 13.5. The number of carbonyl (C=O) groups is 5. The van der Waals surface area contributed by atoms with Gasteiger partial charge in [-0.3, -0.25) is 28.9 Å². The van der Waals surface area contributed by atoms with E-state index in [-0.39, 0.29) is 54.9 Å². The lowest BCUT2D eigenvalue weighted by Gasteiger charge is -2.42. The van der Waals surface area contributed by atoms with Gasteiger partial charge in [-0.05, 0) is 56.4 Å². The Morgan fingerprint density at radius 2 is 1.89 bits per heavy atom. The molecule has 5 rings (SSSR count). The number of aromatic hydroxyl groups is 1. The summed E-state index contributed by atoms with van der Waals surface area (Å²) in [6.07, 6.45) is 3.66. The number of halogens is 1. The van der Waals surface area contributed by atoms with E-state index in [1.165, 1.54) is 12.1 Å². The summed E-state index contributed by atoms with van der Waals surface area (Å²) in [6.45, 7) is 1.62. The predicted molar refractivity (Wildman–Crippen MR) is 131 cm³/mol. The van der Waals surface area contributed by atoms with Gasteiger partial charge in [0.1, 0.15) is 5.75 Å². The van der Waals surface area contributed by atoms with Gasteiger partial charge in [0.25, 0.3) is 0 Å². The van der Waals surface area contributed by atoms with Gasteiger partial charge in [0.05, 0.1) is 11.8 Å². The number of aliphatic carboxylic acids is 1. The summed E-state index contributed by atoms with van der Waals surface area (Å²) in [6, 6.07) is 4.90. The lowest BCUT2D eigenvalue weighted by Crippen LogP contribution is -2.40. The van der Waals surface area contributed by atoms with Gasteiger partial charge in [-0.25, -0.2) is 0 Å². The quantitative estimate of drug-likeness (QED) is 0.324. The lowest BCUT2D eigenvalue weighted by molar-refractivity contribution is -0.142. The second-order valence-electron chi connectivity index (χ2n) is 9.76. The summed E-state index contributed by atoms with van der Waals surface area (Å²) in [5.74, 6) is -4.79. The molecule has 0 aromatic heterocycles. The molecule has 3 aliphatic carbocycles. The minimum atomic E-state index is -0.997. The van der Waals surface area contributed by atoms with Crippen LogP contribution in [0.25, 0.3) is 0 Å². The van der Waals surface area contributed by atoms with E-state index >= 15 is 0 Å². The number of ketones is 2. The highest BCUT2D eigenvalue weighted by atomic mass is 79.9. The Balaban J connectivity index is 1.60. The van der Waals surface area contributed by atoms with Crippen LogP contribution in [-0.4, -0.2) is 51.0 Å². The maximum atomic E-state index is 13.5. The molecule has 9 heteroatoms. The van der Waals surface area contributed by atoms with Crippen LogP contribution in [0, 0.1) is 17.8 Å². The van der Waals surface area contributed by atoms with E-state index in [4.69, 9.17) is 5.11 Å². The second kappa shape index (κ2) is 8.96. The van der Waals surface area contributed by atoms with Gasteiger partial charge in [0.15, 0.2) is 11.6 Å². The predicted octanol–water partition coefficient (Wildman–Crippen LogP) is 3.45. The summed E-state index contributed by atoms with van der Waals surface area (Å²) >= 11 is 3.43. The van der Waals surface area contributed by atoms with Gasteiger partial charge in [-0.2, -0.15) is 0 Å². The fraction of sp³-hybridized carbons (Fsp3) is 0.370. The first kappa shape index (κ1) is 24.4. The van der Waals surface area contributed by atoms with Gasteiger partial charge in [0.2, 0.25) is 11.8 Å². The molecule has 1 heterocycles. The van der Waals surface area contributed by atoms with Crippen molar-refractivity contribution in [1.29, 1.82) is 0 Å². The summed E-state index contributed by atoms with van der Waals surface area (Å²) < 4.78 is 0.687. The molecule has 36 heavy (non-hydrogen) atoms. The van der Waals surface area contributed by atoms with Crippen molar-refractivity contribution in [3.05, 3.63) is 62.7 Å². The number of fused-ring (bicyclic) bond motifs is 3. The van der Waals surface area contributed by atoms with Crippen molar-refractivity contribution in [2.45, 2.75) is 38.5 Å². The van der Waals surface area contributed by atoms with E-state index < -0.39 is 29.6 Å². The molecule has 4 unspecified atom stereocenters. The molecule has 2 N–H and O–H groups in total. The molecule has 0 saturated carbocycles. The third kappa shape index (κ3) is 3.77. The molecule has 4 atom stereocenters. The first-order chi connectivity index (χ1) is 17.1. The number of Topliss-reactive ketones (excluding diaryl/α,β-unsaturated/α-hetero) is 1. The third-order valence-electron chi connectivity index (χ3n) is 7.73. The first-order valence-electron chi connectivity index (χ1n) is 11.9. The van der Waals surface area contributed by atoms with Gasteiger partial charge in [-0.15, -0.1) is 0 Å². The Labute approximate surface area is 215 Å². The zero-order chi connectivity index (χ0) is 25.9. The number of benzene rings is 1. The number of amides is 2. The van der Waals surface area contributed by atoms with Gasteiger partial charge >= 0.3 is 5.97 Å². The van der Waals surface area contributed by atoms with Gasteiger partial charge in [-0.1, -0.05) is 27.6 Å². The number of carbonyl (C=O) groups excluding carboxylic acids is 4. The van der Waals surface area contributed by atoms with Crippen LogP contribution in [0.5, 0.6) is 5.75 Å².